The molecule has 0 aliphatic carbocycles. The first-order valence-electron chi connectivity index (χ1n) is 13.2. The van der Waals surface area contributed by atoms with E-state index < -0.39 is 28.5 Å². The van der Waals surface area contributed by atoms with Gasteiger partial charge in [-0.3, -0.25) is 13.9 Å². The van der Waals surface area contributed by atoms with Crippen molar-refractivity contribution in [2.75, 3.05) is 23.7 Å². The van der Waals surface area contributed by atoms with E-state index in [1.165, 1.54) is 28.8 Å². The van der Waals surface area contributed by atoms with Crippen LogP contribution in [0.4, 0.5) is 5.69 Å². The number of anilines is 1. The zero-order chi connectivity index (χ0) is 30.2. The molecule has 1 atom stereocenters. The molecule has 3 rings (SSSR count). The first-order chi connectivity index (χ1) is 19.5. The maximum Gasteiger partial charge on any atom is 0.264 e. The van der Waals surface area contributed by atoms with E-state index in [-0.39, 0.29) is 29.1 Å². The number of halogens is 1. The summed E-state index contributed by atoms with van der Waals surface area (Å²) in [6, 6.07) is 19.6. The molecule has 3 aromatic carbocycles. The number of carbonyl (C=O) groups excluding carboxylic acids is 2. The first-order valence-corrected chi connectivity index (χ1v) is 16.7. The highest BCUT2D eigenvalue weighted by atomic mass is 79.9. The summed E-state index contributed by atoms with van der Waals surface area (Å²) in [5.41, 5.74) is 1.02. The largest absolute Gasteiger partial charge is 0.492 e. The second-order valence-electron chi connectivity index (χ2n) is 9.58. The van der Waals surface area contributed by atoms with Crippen LogP contribution in [0.5, 0.6) is 5.75 Å². The molecule has 0 aromatic heterocycles. The van der Waals surface area contributed by atoms with Gasteiger partial charge in [0.05, 0.1) is 17.2 Å². The van der Waals surface area contributed by atoms with Gasteiger partial charge in [0.15, 0.2) is 0 Å². The van der Waals surface area contributed by atoms with E-state index >= 15 is 0 Å². The van der Waals surface area contributed by atoms with Crippen LogP contribution in [0.3, 0.4) is 0 Å². The minimum Gasteiger partial charge on any atom is -0.492 e. The van der Waals surface area contributed by atoms with Gasteiger partial charge in [-0.15, -0.1) is 11.8 Å². The number of rotatable bonds is 13. The fourth-order valence-electron chi connectivity index (χ4n) is 4.15. The Hall–Kier alpha value is -3.02. The van der Waals surface area contributed by atoms with Crippen molar-refractivity contribution < 1.29 is 22.7 Å². The number of sulfonamides is 1. The highest BCUT2D eigenvalue weighted by molar-refractivity contribution is 9.10. The van der Waals surface area contributed by atoms with Crippen molar-refractivity contribution in [3.05, 3.63) is 82.8 Å². The van der Waals surface area contributed by atoms with Crippen LogP contribution in [0, 0.1) is 0 Å². The molecule has 0 heterocycles. The van der Waals surface area contributed by atoms with E-state index in [0.29, 0.717) is 12.4 Å². The molecule has 0 radical (unpaired) electrons. The van der Waals surface area contributed by atoms with Gasteiger partial charge in [0.2, 0.25) is 11.8 Å². The second-order valence-corrected chi connectivity index (χ2v) is 13.2. The van der Waals surface area contributed by atoms with Crippen molar-refractivity contribution in [2.45, 2.75) is 56.1 Å². The van der Waals surface area contributed by atoms with Crippen molar-refractivity contribution in [3.63, 3.8) is 0 Å². The molecule has 3 aromatic rings. The molecule has 1 N–H and O–H groups in total. The third kappa shape index (κ3) is 8.50. The van der Waals surface area contributed by atoms with Crippen molar-refractivity contribution in [3.8, 4) is 5.75 Å². The smallest absolute Gasteiger partial charge is 0.264 e. The van der Waals surface area contributed by atoms with E-state index in [4.69, 9.17) is 4.74 Å². The lowest BCUT2D eigenvalue weighted by Crippen LogP contribution is -2.52. The Morgan fingerprint density at radius 2 is 1.68 bits per heavy atom. The summed E-state index contributed by atoms with van der Waals surface area (Å²) in [6.07, 6.45) is 1.91. The number of thioether (sulfide) groups is 1. The Labute approximate surface area is 255 Å². The average Bonchev–Trinajstić information content (AvgIpc) is 2.94. The van der Waals surface area contributed by atoms with E-state index in [1.807, 2.05) is 44.4 Å². The van der Waals surface area contributed by atoms with Crippen molar-refractivity contribution in [1.29, 1.82) is 0 Å². The zero-order valence-corrected chi connectivity index (χ0v) is 27.1. The topological polar surface area (TPSA) is 96.0 Å². The fraction of sp³-hybridized carbons (Fsp3) is 0.333. The second kappa shape index (κ2) is 14.7. The SMILES string of the molecule is CCOc1ccccc1N(CC(=O)N(Cc1cccc(Br)c1)[C@H](C)C(=O)NC(C)C)S(=O)(=O)c1ccc(SC)cc1. The number of amides is 2. The number of ether oxygens (including phenoxy) is 1. The normalized spacial score (nSPS) is 12.1. The first kappa shape index (κ1) is 32.5. The van der Waals surface area contributed by atoms with Gasteiger partial charge >= 0.3 is 0 Å². The van der Waals surface area contributed by atoms with E-state index in [0.717, 1.165) is 19.2 Å². The molecule has 41 heavy (non-hydrogen) atoms. The lowest BCUT2D eigenvalue weighted by atomic mass is 10.1. The van der Waals surface area contributed by atoms with Crippen LogP contribution >= 0.6 is 27.7 Å². The minimum atomic E-state index is -4.20. The van der Waals surface area contributed by atoms with Crippen LogP contribution < -0.4 is 14.4 Å². The lowest BCUT2D eigenvalue weighted by Gasteiger charge is -2.32. The standard InChI is InChI=1S/C30H36BrN3O5S2/c1-6-39-28-13-8-7-12-27(28)34(41(37,38)26-16-14-25(40-5)15-17-26)20-29(35)33(22(4)30(36)32-21(2)3)19-23-10-9-11-24(31)18-23/h7-18,21-22H,6,19-20H2,1-5H3,(H,32,36)/t22-/m1/s1. The van der Waals surface area contributed by atoms with Crippen molar-refractivity contribution in [2.24, 2.45) is 0 Å². The molecule has 0 saturated carbocycles. The lowest BCUT2D eigenvalue weighted by molar-refractivity contribution is -0.139. The highest BCUT2D eigenvalue weighted by Gasteiger charge is 2.34. The summed E-state index contributed by atoms with van der Waals surface area (Å²) in [7, 11) is -4.20. The van der Waals surface area contributed by atoms with Crippen molar-refractivity contribution in [1.82, 2.24) is 10.2 Å². The summed E-state index contributed by atoms with van der Waals surface area (Å²) in [6.45, 7) is 7.00. The van der Waals surface area contributed by atoms with Gasteiger partial charge in [0, 0.05) is 22.0 Å². The molecule has 0 saturated heterocycles. The monoisotopic (exact) mass is 661 g/mol. The van der Waals surface area contributed by atoms with Crippen LogP contribution in [-0.2, 0) is 26.2 Å². The van der Waals surface area contributed by atoms with Crippen LogP contribution in [-0.4, -0.2) is 56.6 Å². The fourth-order valence-corrected chi connectivity index (χ4v) is 6.43. The molecule has 11 heteroatoms. The third-order valence-corrected chi connectivity index (χ3v) is 9.21. The number of carbonyl (C=O) groups is 2. The van der Waals surface area contributed by atoms with E-state index in [9.17, 15) is 18.0 Å². The van der Waals surface area contributed by atoms with Crippen LogP contribution in [0.25, 0.3) is 0 Å². The van der Waals surface area contributed by atoms with Gasteiger partial charge in [-0.25, -0.2) is 8.42 Å². The summed E-state index contributed by atoms with van der Waals surface area (Å²) in [5, 5.41) is 2.86. The Morgan fingerprint density at radius 1 is 1.00 bits per heavy atom. The zero-order valence-electron chi connectivity index (χ0n) is 23.8. The molecule has 220 valence electrons. The highest BCUT2D eigenvalue weighted by Crippen LogP contribution is 2.33. The summed E-state index contributed by atoms with van der Waals surface area (Å²) < 4.78 is 35.9. The summed E-state index contributed by atoms with van der Waals surface area (Å²) >= 11 is 4.96. The molecule has 0 spiro atoms. The van der Waals surface area contributed by atoms with E-state index in [2.05, 4.69) is 21.2 Å². The molecule has 0 bridgehead atoms. The number of benzene rings is 3. The molecule has 0 aliphatic heterocycles. The quantitative estimate of drug-likeness (QED) is 0.236. The van der Waals surface area contributed by atoms with Gasteiger partial charge in [-0.1, -0.05) is 40.2 Å². The Balaban J connectivity index is 2.09. The summed E-state index contributed by atoms with van der Waals surface area (Å²) in [4.78, 5) is 29.5. The Kier molecular flexibility index (Phi) is 11.7. The van der Waals surface area contributed by atoms with Gasteiger partial charge in [-0.2, -0.15) is 0 Å². The van der Waals surface area contributed by atoms with Crippen LogP contribution in [0.15, 0.2) is 87.1 Å². The molecule has 0 unspecified atom stereocenters. The van der Waals surface area contributed by atoms with Crippen molar-refractivity contribution >= 4 is 55.2 Å². The molecule has 8 nitrogen and oxygen atoms in total. The van der Waals surface area contributed by atoms with Gasteiger partial charge in [-0.05, 0) is 88.0 Å². The number of hydrogen-bond acceptors (Lipinski definition) is 6. The Bertz CT molecular complexity index is 1450. The Morgan fingerprint density at radius 3 is 2.29 bits per heavy atom. The predicted octanol–water partition coefficient (Wildman–Crippen LogP) is 5.71. The van der Waals surface area contributed by atoms with Crippen LogP contribution in [0.1, 0.15) is 33.3 Å². The van der Waals surface area contributed by atoms with Gasteiger partial charge < -0.3 is 15.0 Å². The number of nitrogens with one attached hydrogen (secondary N) is 1. The molecular weight excluding hydrogens is 626 g/mol. The third-order valence-electron chi connectivity index (χ3n) is 6.20. The molecular formula is C30H36BrN3O5S2. The molecule has 0 fully saturated rings. The number of nitrogens with zero attached hydrogens (tertiary/aromatic N) is 2. The summed E-state index contributed by atoms with van der Waals surface area (Å²) in [5.74, 6) is -0.539. The minimum absolute atomic E-state index is 0.0403. The maximum atomic E-state index is 14.1. The van der Waals surface area contributed by atoms with Gasteiger partial charge in [0.1, 0.15) is 18.3 Å². The van der Waals surface area contributed by atoms with Gasteiger partial charge in [0.25, 0.3) is 10.0 Å². The predicted molar refractivity (Wildman–Crippen MR) is 168 cm³/mol. The molecule has 0 aliphatic rings. The van der Waals surface area contributed by atoms with E-state index in [1.54, 1.807) is 50.2 Å². The maximum absolute atomic E-state index is 14.1. The number of para-hydroxylation sites is 2. The van der Waals surface area contributed by atoms with Crippen LogP contribution in [0.2, 0.25) is 0 Å². The molecule has 2 amide bonds. The average molecular weight is 663 g/mol. The number of hydrogen-bond donors (Lipinski definition) is 1.